The Morgan fingerprint density at radius 3 is 2.81 bits per heavy atom. The van der Waals surface area contributed by atoms with E-state index in [9.17, 15) is 0 Å². The molecule has 1 rings (SSSR count). The molecule has 16 heavy (non-hydrogen) atoms. The first-order valence-electron chi connectivity index (χ1n) is 5.78. The van der Waals surface area contributed by atoms with Crippen LogP contribution in [-0.4, -0.2) is 28.8 Å². The fourth-order valence-electron chi connectivity index (χ4n) is 1.60. The summed E-state index contributed by atoms with van der Waals surface area (Å²) >= 11 is 5.76. The molecule has 1 aromatic heterocycles. The van der Waals surface area contributed by atoms with Gasteiger partial charge in [0.05, 0.1) is 6.20 Å². The molecule has 0 spiro atoms. The molecule has 0 saturated carbocycles. The number of hydrogen-bond donors (Lipinski definition) is 1. The Kier molecular flexibility index (Phi) is 5.29. The second-order valence-corrected chi connectivity index (χ2v) is 5.43. The minimum absolute atomic E-state index is 0.288. The van der Waals surface area contributed by atoms with Gasteiger partial charge in [0.1, 0.15) is 0 Å². The Hall–Kier alpha value is -0.540. The molecule has 92 valence electrons. The van der Waals surface area contributed by atoms with Crippen molar-refractivity contribution in [2.24, 2.45) is 12.5 Å². The van der Waals surface area contributed by atoms with Crippen molar-refractivity contribution in [2.75, 3.05) is 19.0 Å². The molecule has 1 heterocycles. The molecule has 0 aliphatic heterocycles. The van der Waals surface area contributed by atoms with Gasteiger partial charge in [-0.2, -0.15) is 5.10 Å². The van der Waals surface area contributed by atoms with E-state index in [0.717, 1.165) is 31.8 Å². The van der Waals surface area contributed by atoms with Gasteiger partial charge >= 0.3 is 0 Å². The molecule has 0 saturated heterocycles. The minimum Gasteiger partial charge on any atom is -0.316 e. The Labute approximate surface area is 103 Å². The number of aromatic nitrogens is 2. The van der Waals surface area contributed by atoms with E-state index < -0.39 is 0 Å². The number of hydrogen-bond acceptors (Lipinski definition) is 2. The zero-order chi connectivity index (χ0) is 12.0. The molecule has 1 N–H and O–H groups in total. The molecular weight excluding hydrogens is 222 g/mol. The van der Waals surface area contributed by atoms with Crippen LogP contribution in [0.3, 0.4) is 0 Å². The molecule has 0 aromatic carbocycles. The third-order valence-corrected chi connectivity index (χ3v) is 2.91. The van der Waals surface area contributed by atoms with Gasteiger partial charge in [0, 0.05) is 25.7 Å². The van der Waals surface area contributed by atoms with Crippen LogP contribution in [0.5, 0.6) is 0 Å². The average molecular weight is 244 g/mol. The Bertz CT molecular complexity index is 307. The lowest BCUT2D eigenvalue weighted by molar-refractivity contribution is 0.331. The highest BCUT2D eigenvalue weighted by Crippen LogP contribution is 2.19. The normalized spacial score (nSPS) is 12.0. The van der Waals surface area contributed by atoms with E-state index in [1.807, 2.05) is 17.9 Å². The summed E-state index contributed by atoms with van der Waals surface area (Å²) in [5.74, 6) is 0.733. The standard InChI is InChI=1S/C12H22ClN3/c1-12(2,5-6-13)10-14-7-4-11-8-15-16(3)9-11/h8-9,14H,4-7,10H2,1-3H3. The third kappa shape index (κ3) is 4.99. The van der Waals surface area contributed by atoms with E-state index >= 15 is 0 Å². The lowest BCUT2D eigenvalue weighted by Crippen LogP contribution is -2.31. The largest absolute Gasteiger partial charge is 0.316 e. The van der Waals surface area contributed by atoms with Gasteiger partial charge in [-0.25, -0.2) is 0 Å². The van der Waals surface area contributed by atoms with Gasteiger partial charge in [-0.1, -0.05) is 13.8 Å². The fourth-order valence-corrected chi connectivity index (χ4v) is 2.12. The van der Waals surface area contributed by atoms with Gasteiger partial charge < -0.3 is 5.32 Å². The second kappa shape index (κ2) is 6.26. The van der Waals surface area contributed by atoms with Crippen LogP contribution >= 0.6 is 11.6 Å². The van der Waals surface area contributed by atoms with Crippen molar-refractivity contribution in [3.05, 3.63) is 18.0 Å². The number of rotatable bonds is 7. The topological polar surface area (TPSA) is 29.9 Å². The molecule has 0 bridgehead atoms. The minimum atomic E-state index is 0.288. The monoisotopic (exact) mass is 243 g/mol. The van der Waals surface area contributed by atoms with Crippen LogP contribution in [0.25, 0.3) is 0 Å². The second-order valence-electron chi connectivity index (χ2n) is 5.05. The van der Waals surface area contributed by atoms with Crippen LogP contribution in [0.15, 0.2) is 12.4 Å². The zero-order valence-corrected chi connectivity index (χ0v) is 11.2. The molecule has 0 unspecified atom stereocenters. The van der Waals surface area contributed by atoms with Crippen molar-refractivity contribution in [3.8, 4) is 0 Å². The van der Waals surface area contributed by atoms with Crippen molar-refractivity contribution < 1.29 is 0 Å². The van der Waals surface area contributed by atoms with Gasteiger partial charge in [0.2, 0.25) is 0 Å². The first-order chi connectivity index (χ1) is 7.53. The van der Waals surface area contributed by atoms with Crippen LogP contribution < -0.4 is 5.32 Å². The van der Waals surface area contributed by atoms with Crippen molar-refractivity contribution in [1.82, 2.24) is 15.1 Å². The molecule has 0 amide bonds. The van der Waals surface area contributed by atoms with Gasteiger partial charge in [0.25, 0.3) is 0 Å². The van der Waals surface area contributed by atoms with E-state index in [0.29, 0.717) is 0 Å². The highest BCUT2D eigenvalue weighted by Gasteiger charge is 2.15. The van der Waals surface area contributed by atoms with E-state index in [1.54, 1.807) is 0 Å². The summed E-state index contributed by atoms with van der Waals surface area (Å²) in [6.45, 7) is 6.50. The van der Waals surface area contributed by atoms with Gasteiger partial charge in [0.15, 0.2) is 0 Å². The summed E-state index contributed by atoms with van der Waals surface area (Å²) in [6, 6.07) is 0. The van der Waals surface area contributed by atoms with Gasteiger partial charge in [-0.05, 0) is 30.4 Å². The van der Waals surface area contributed by atoms with Crippen molar-refractivity contribution in [3.63, 3.8) is 0 Å². The smallest absolute Gasteiger partial charge is 0.0522 e. The summed E-state index contributed by atoms with van der Waals surface area (Å²) in [7, 11) is 1.94. The Morgan fingerprint density at radius 1 is 1.50 bits per heavy atom. The Balaban J connectivity index is 2.16. The number of nitrogens with zero attached hydrogens (tertiary/aromatic N) is 2. The van der Waals surface area contributed by atoms with Gasteiger partial charge in [-0.3, -0.25) is 4.68 Å². The predicted octanol–water partition coefficient (Wildman–Crippen LogP) is 2.21. The molecule has 1 aromatic rings. The van der Waals surface area contributed by atoms with E-state index in [2.05, 4.69) is 30.5 Å². The number of aryl methyl sites for hydroxylation is 1. The van der Waals surface area contributed by atoms with Crippen molar-refractivity contribution in [1.29, 1.82) is 0 Å². The maximum absolute atomic E-state index is 5.76. The summed E-state index contributed by atoms with van der Waals surface area (Å²) < 4.78 is 1.84. The van der Waals surface area contributed by atoms with Crippen molar-refractivity contribution in [2.45, 2.75) is 26.7 Å². The first kappa shape index (κ1) is 13.5. The molecule has 0 radical (unpaired) electrons. The molecule has 0 atom stereocenters. The fraction of sp³-hybridized carbons (Fsp3) is 0.750. The summed E-state index contributed by atoms with van der Waals surface area (Å²) in [4.78, 5) is 0. The predicted molar refractivity (Wildman–Crippen MR) is 68.9 cm³/mol. The van der Waals surface area contributed by atoms with E-state index in [1.165, 1.54) is 5.56 Å². The molecule has 3 nitrogen and oxygen atoms in total. The summed E-state index contributed by atoms with van der Waals surface area (Å²) in [5, 5.41) is 7.62. The lowest BCUT2D eigenvalue weighted by Gasteiger charge is -2.23. The van der Waals surface area contributed by atoms with E-state index in [4.69, 9.17) is 11.6 Å². The zero-order valence-electron chi connectivity index (χ0n) is 10.5. The number of halogens is 1. The summed E-state index contributed by atoms with van der Waals surface area (Å²) in [6.07, 6.45) is 6.07. The third-order valence-electron chi connectivity index (χ3n) is 2.72. The SMILES string of the molecule is Cn1cc(CCNCC(C)(C)CCCl)cn1. The summed E-state index contributed by atoms with van der Waals surface area (Å²) in [5.41, 5.74) is 1.57. The maximum Gasteiger partial charge on any atom is 0.0522 e. The Morgan fingerprint density at radius 2 is 2.25 bits per heavy atom. The first-order valence-corrected chi connectivity index (χ1v) is 6.31. The molecular formula is C12H22ClN3. The van der Waals surface area contributed by atoms with Crippen LogP contribution in [0, 0.1) is 5.41 Å². The average Bonchev–Trinajstić information content (AvgIpc) is 2.59. The highest BCUT2D eigenvalue weighted by atomic mass is 35.5. The molecule has 4 heteroatoms. The van der Waals surface area contributed by atoms with E-state index in [-0.39, 0.29) is 5.41 Å². The quantitative estimate of drug-likeness (QED) is 0.588. The van der Waals surface area contributed by atoms with Crippen LogP contribution in [0.2, 0.25) is 0 Å². The van der Waals surface area contributed by atoms with Crippen LogP contribution in [0.4, 0.5) is 0 Å². The van der Waals surface area contributed by atoms with Crippen LogP contribution in [0.1, 0.15) is 25.8 Å². The van der Waals surface area contributed by atoms with Crippen molar-refractivity contribution >= 4 is 11.6 Å². The molecule has 0 aliphatic carbocycles. The number of alkyl halides is 1. The highest BCUT2D eigenvalue weighted by molar-refractivity contribution is 6.17. The lowest BCUT2D eigenvalue weighted by atomic mass is 9.90. The molecule has 0 aliphatic rings. The maximum atomic E-state index is 5.76. The number of nitrogens with one attached hydrogen (secondary N) is 1. The molecule has 0 fully saturated rings. The van der Waals surface area contributed by atoms with Crippen LogP contribution in [-0.2, 0) is 13.5 Å². The van der Waals surface area contributed by atoms with Gasteiger partial charge in [-0.15, -0.1) is 11.6 Å².